The van der Waals surface area contributed by atoms with Gasteiger partial charge in [0.05, 0.1) is 0 Å². The first kappa shape index (κ1) is 14.4. The van der Waals surface area contributed by atoms with E-state index >= 15 is 0 Å². The van der Waals surface area contributed by atoms with E-state index in [2.05, 4.69) is 51.9 Å². The summed E-state index contributed by atoms with van der Waals surface area (Å²) in [6.07, 6.45) is 1.06. The molecule has 0 bridgehead atoms. The third kappa shape index (κ3) is 3.05. The summed E-state index contributed by atoms with van der Waals surface area (Å²) >= 11 is 0. The number of aromatic nitrogens is 1. The van der Waals surface area contributed by atoms with Crippen molar-refractivity contribution in [2.45, 2.75) is 26.3 Å². The van der Waals surface area contributed by atoms with E-state index < -0.39 is 0 Å². The van der Waals surface area contributed by atoms with Crippen LogP contribution in [0.2, 0.25) is 0 Å². The van der Waals surface area contributed by atoms with Gasteiger partial charge in [0.1, 0.15) is 5.76 Å². The maximum Gasteiger partial charge on any atom is 0.320 e. The number of fused-ring (bicyclic) bond motifs is 1. The molecule has 22 heavy (non-hydrogen) atoms. The fourth-order valence-corrected chi connectivity index (χ4v) is 2.76. The Morgan fingerprint density at radius 2 is 2.27 bits per heavy atom. The molecule has 3 rings (SSSR count). The lowest BCUT2D eigenvalue weighted by molar-refractivity contribution is 0.251. The van der Waals surface area contributed by atoms with Gasteiger partial charge in [-0.1, -0.05) is 23.4 Å². The van der Waals surface area contributed by atoms with Crippen molar-refractivity contribution in [1.29, 1.82) is 0 Å². The molecule has 0 spiro atoms. The minimum atomic E-state index is -0.271. The number of carbonyl (C=O) groups excluding carboxylic acids is 1. The van der Waals surface area contributed by atoms with E-state index in [1.807, 2.05) is 0 Å². The zero-order valence-corrected chi connectivity index (χ0v) is 12.8. The van der Waals surface area contributed by atoms with Gasteiger partial charge in [0, 0.05) is 30.9 Å². The van der Waals surface area contributed by atoms with Crippen LogP contribution in [0.3, 0.4) is 0 Å². The average molecular weight is 300 g/mol. The van der Waals surface area contributed by atoms with E-state index in [1.54, 1.807) is 13.0 Å². The number of urea groups is 1. The number of hydrogen-bond donors (Lipinski definition) is 2. The van der Waals surface area contributed by atoms with Crippen molar-refractivity contribution in [3.63, 3.8) is 0 Å². The molecule has 1 atom stereocenters. The molecule has 1 aliphatic heterocycles. The number of hydrogen-bond acceptors (Lipinski definition) is 4. The van der Waals surface area contributed by atoms with E-state index in [9.17, 15) is 4.79 Å². The third-order valence-electron chi connectivity index (χ3n) is 3.88. The summed E-state index contributed by atoms with van der Waals surface area (Å²) in [5.74, 6) is 1.09. The van der Waals surface area contributed by atoms with Gasteiger partial charge in [-0.3, -0.25) is 5.32 Å². The molecule has 0 aliphatic carbocycles. The van der Waals surface area contributed by atoms with Crippen molar-refractivity contribution < 1.29 is 9.32 Å². The Labute approximate surface area is 129 Å². The van der Waals surface area contributed by atoms with Crippen LogP contribution in [0.15, 0.2) is 34.9 Å². The number of nitrogens with one attached hydrogen (secondary N) is 2. The van der Waals surface area contributed by atoms with Gasteiger partial charge in [0.2, 0.25) is 0 Å². The van der Waals surface area contributed by atoms with E-state index in [-0.39, 0.29) is 12.1 Å². The van der Waals surface area contributed by atoms with Gasteiger partial charge >= 0.3 is 6.03 Å². The van der Waals surface area contributed by atoms with Crippen LogP contribution in [0.4, 0.5) is 16.3 Å². The number of amides is 2. The molecule has 2 N–H and O–H groups in total. The summed E-state index contributed by atoms with van der Waals surface area (Å²) in [5.41, 5.74) is 2.64. The van der Waals surface area contributed by atoms with Gasteiger partial charge in [-0.05, 0) is 31.9 Å². The van der Waals surface area contributed by atoms with Crippen LogP contribution in [0.25, 0.3) is 0 Å². The first-order chi connectivity index (χ1) is 10.6. The Balaban J connectivity index is 1.52. The smallest absolute Gasteiger partial charge is 0.320 e. The first-order valence-electron chi connectivity index (χ1n) is 7.46. The molecule has 2 heterocycles. The van der Waals surface area contributed by atoms with Gasteiger partial charge in [-0.2, -0.15) is 0 Å². The fourth-order valence-electron chi connectivity index (χ4n) is 2.76. The lowest BCUT2D eigenvalue weighted by Crippen LogP contribution is -2.42. The summed E-state index contributed by atoms with van der Waals surface area (Å²) in [4.78, 5) is 14.2. The number of anilines is 2. The SMILES string of the molecule is Cc1cc(NC(=O)NCC(C)N2CCc3ccccc32)no1. The van der Waals surface area contributed by atoms with Gasteiger partial charge in [-0.25, -0.2) is 4.79 Å². The van der Waals surface area contributed by atoms with Crippen molar-refractivity contribution in [3.05, 3.63) is 41.7 Å². The first-order valence-corrected chi connectivity index (χ1v) is 7.46. The number of para-hydroxylation sites is 1. The van der Waals surface area contributed by atoms with Crippen LogP contribution >= 0.6 is 0 Å². The van der Waals surface area contributed by atoms with Crippen LogP contribution in [0.1, 0.15) is 18.2 Å². The molecule has 1 unspecified atom stereocenters. The van der Waals surface area contributed by atoms with Crippen molar-refractivity contribution >= 4 is 17.5 Å². The number of nitrogens with zero attached hydrogens (tertiary/aromatic N) is 2. The summed E-state index contributed by atoms with van der Waals surface area (Å²) < 4.78 is 4.91. The minimum Gasteiger partial charge on any atom is -0.366 e. The molecule has 1 aliphatic rings. The van der Waals surface area contributed by atoms with Crippen molar-refractivity contribution in [2.75, 3.05) is 23.3 Å². The molecule has 0 fully saturated rings. The molecular formula is C16H20N4O2. The predicted octanol–water partition coefficient (Wildman–Crippen LogP) is 2.56. The van der Waals surface area contributed by atoms with Crippen molar-refractivity contribution in [1.82, 2.24) is 10.5 Å². The zero-order chi connectivity index (χ0) is 15.5. The van der Waals surface area contributed by atoms with E-state index in [0.29, 0.717) is 18.1 Å². The van der Waals surface area contributed by atoms with Gasteiger partial charge < -0.3 is 14.7 Å². The van der Waals surface area contributed by atoms with Crippen molar-refractivity contribution in [2.24, 2.45) is 0 Å². The molecular weight excluding hydrogens is 280 g/mol. The summed E-state index contributed by atoms with van der Waals surface area (Å²) in [6, 6.07) is 10.1. The maximum atomic E-state index is 11.9. The number of rotatable bonds is 4. The standard InChI is InChI=1S/C16H20N4O2/c1-11(20-8-7-13-5-3-4-6-14(13)20)10-17-16(21)18-15-9-12(2)22-19-15/h3-6,9,11H,7-8,10H2,1-2H3,(H2,17,18,19,21). The molecule has 1 aromatic heterocycles. The largest absolute Gasteiger partial charge is 0.366 e. The van der Waals surface area contributed by atoms with Crippen LogP contribution < -0.4 is 15.5 Å². The van der Waals surface area contributed by atoms with Crippen LogP contribution in [0.5, 0.6) is 0 Å². The normalized spacial score (nSPS) is 14.5. The second kappa shape index (κ2) is 6.09. The molecule has 0 radical (unpaired) electrons. The summed E-state index contributed by atoms with van der Waals surface area (Å²) in [6.45, 7) is 5.45. The Bertz CT molecular complexity index is 668. The van der Waals surface area contributed by atoms with E-state index in [1.165, 1.54) is 11.3 Å². The Morgan fingerprint density at radius 3 is 3.05 bits per heavy atom. The number of benzene rings is 1. The lowest BCUT2D eigenvalue weighted by atomic mass is 10.2. The highest BCUT2D eigenvalue weighted by molar-refractivity contribution is 5.88. The Kier molecular flexibility index (Phi) is 4.00. The maximum absolute atomic E-state index is 11.9. The summed E-state index contributed by atoms with van der Waals surface area (Å²) in [5, 5.41) is 9.26. The van der Waals surface area contributed by atoms with Crippen LogP contribution in [0, 0.1) is 6.92 Å². The molecule has 6 heteroatoms. The van der Waals surface area contributed by atoms with Gasteiger partial charge in [-0.15, -0.1) is 0 Å². The number of carbonyl (C=O) groups is 1. The van der Waals surface area contributed by atoms with Crippen LogP contribution in [-0.4, -0.2) is 30.3 Å². The van der Waals surface area contributed by atoms with Crippen LogP contribution in [-0.2, 0) is 6.42 Å². The zero-order valence-electron chi connectivity index (χ0n) is 12.8. The Hall–Kier alpha value is -2.50. The second-order valence-corrected chi connectivity index (χ2v) is 5.58. The number of aryl methyl sites for hydroxylation is 1. The van der Waals surface area contributed by atoms with Gasteiger partial charge in [0.15, 0.2) is 5.82 Å². The average Bonchev–Trinajstić information content (AvgIpc) is 3.11. The topological polar surface area (TPSA) is 70.4 Å². The quantitative estimate of drug-likeness (QED) is 0.910. The monoisotopic (exact) mass is 300 g/mol. The Morgan fingerprint density at radius 1 is 1.45 bits per heavy atom. The van der Waals surface area contributed by atoms with E-state index in [4.69, 9.17) is 4.52 Å². The van der Waals surface area contributed by atoms with Gasteiger partial charge in [0.25, 0.3) is 0 Å². The molecule has 2 amide bonds. The highest BCUT2D eigenvalue weighted by atomic mass is 16.5. The molecule has 1 aromatic carbocycles. The highest BCUT2D eigenvalue weighted by Crippen LogP contribution is 2.28. The summed E-state index contributed by atoms with van der Waals surface area (Å²) in [7, 11) is 0. The van der Waals surface area contributed by atoms with E-state index in [0.717, 1.165) is 13.0 Å². The molecule has 0 saturated heterocycles. The highest BCUT2D eigenvalue weighted by Gasteiger charge is 2.23. The molecule has 6 nitrogen and oxygen atoms in total. The van der Waals surface area contributed by atoms with Crippen molar-refractivity contribution in [3.8, 4) is 0 Å². The molecule has 2 aromatic rings. The predicted molar refractivity (Wildman–Crippen MR) is 85.2 cm³/mol. The third-order valence-corrected chi connectivity index (χ3v) is 3.88. The lowest BCUT2D eigenvalue weighted by Gasteiger charge is -2.27. The minimum absolute atomic E-state index is 0.230. The fraction of sp³-hybridized carbons (Fsp3) is 0.375. The second-order valence-electron chi connectivity index (χ2n) is 5.58. The molecule has 0 saturated carbocycles. The molecule has 116 valence electrons.